The van der Waals surface area contributed by atoms with E-state index in [1.165, 1.54) is 0 Å². The fourth-order valence-corrected chi connectivity index (χ4v) is 4.21. The van der Waals surface area contributed by atoms with Gasteiger partial charge in [-0.3, -0.25) is 14.4 Å². The monoisotopic (exact) mass is 421 g/mol. The highest BCUT2D eigenvalue weighted by Crippen LogP contribution is 2.30. The first-order valence-corrected chi connectivity index (χ1v) is 10.8. The molecule has 0 aliphatic carbocycles. The van der Waals surface area contributed by atoms with Gasteiger partial charge in [0, 0.05) is 36.8 Å². The van der Waals surface area contributed by atoms with Gasteiger partial charge in [-0.2, -0.15) is 0 Å². The van der Waals surface area contributed by atoms with E-state index in [1.54, 1.807) is 18.2 Å². The van der Waals surface area contributed by atoms with Crippen molar-refractivity contribution >= 4 is 23.4 Å². The standard InChI is InChI=1S/C24H27N3O4/c1-2-12-27(24(30)18-8-9-20-21(15-18)31-16-22(28)25-20)19-10-13-26(14-11-19)23(29)17-6-4-3-5-7-17/h3-9,15,19H,2,10-14,16H2,1H3,(H,25,28). The highest BCUT2D eigenvalue weighted by Gasteiger charge is 2.30. The van der Waals surface area contributed by atoms with Crippen LogP contribution in [0.4, 0.5) is 5.69 Å². The second kappa shape index (κ2) is 9.20. The van der Waals surface area contributed by atoms with Gasteiger partial charge in [0.15, 0.2) is 6.61 Å². The van der Waals surface area contributed by atoms with Gasteiger partial charge < -0.3 is 19.9 Å². The molecule has 31 heavy (non-hydrogen) atoms. The predicted octanol–water partition coefficient (Wildman–Crippen LogP) is 3.17. The van der Waals surface area contributed by atoms with Gasteiger partial charge in [-0.15, -0.1) is 0 Å². The number of rotatable bonds is 5. The van der Waals surface area contributed by atoms with E-state index in [-0.39, 0.29) is 30.4 Å². The number of carbonyl (C=O) groups is 3. The number of nitrogens with one attached hydrogen (secondary N) is 1. The highest BCUT2D eigenvalue weighted by molar-refractivity contribution is 5.99. The molecule has 2 aliphatic heterocycles. The minimum absolute atomic E-state index is 0.0429. The first-order chi connectivity index (χ1) is 15.1. The van der Waals surface area contributed by atoms with Gasteiger partial charge in [-0.05, 0) is 49.6 Å². The Morgan fingerprint density at radius 3 is 2.55 bits per heavy atom. The summed E-state index contributed by atoms with van der Waals surface area (Å²) in [6.07, 6.45) is 2.36. The molecule has 4 rings (SSSR count). The molecule has 1 saturated heterocycles. The molecule has 2 aliphatic rings. The smallest absolute Gasteiger partial charge is 0.262 e. The fourth-order valence-electron chi connectivity index (χ4n) is 4.21. The Bertz CT molecular complexity index is 968. The van der Waals surface area contributed by atoms with Crippen LogP contribution in [0.1, 0.15) is 46.9 Å². The third kappa shape index (κ3) is 4.55. The van der Waals surface area contributed by atoms with Crippen molar-refractivity contribution in [2.24, 2.45) is 0 Å². The van der Waals surface area contributed by atoms with Crippen LogP contribution in [0.5, 0.6) is 5.75 Å². The van der Waals surface area contributed by atoms with E-state index >= 15 is 0 Å². The van der Waals surface area contributed by atoms with E-state index in [1.807, 2.05) is 40.1 Å². The van der Waals surface area contributed by atoms with Crippen LogP contribution in [0.3, 0.4) is 0 Å². The summed E-state index contributed by atoms with van der Waals surface area (Å²) >= 11 is 0. The van der Waals surface area contributed by atoms with Gasteiger partial charge in [-0.25, -0.2) is 0 Å². The molecule has 0 saturated carbocycles. The first-order valence-electron chi connectivity index (χ1n) is 10.8. The lowest BCUT2D eigenvalue weighted by molar-refractivity contribution is -0.118. The van der Waals surface area contributed by atoms with Gasteiger partial charge in [0.2, 0.25) is 0 Å². The Morgan fingerprint density at radius 1 is 1.10 bits per heavy atom. The summed E-state index contributed by atoms with van der Waals surface area (Å²) in [5.74, 6) is 0.320. The molecule has 2 aromatic carbocycles. The molecule has 0 spiro atoms. The molecule has 0 atom stereocenters. The topological polar surface area (TPSA) is 79.0 Å². The van der Waals surface area contributed by atoms with Crippen molar-refractivity contribution in [1.82, 2.24) is 9.80 Å². The maximum Gasteiger partial charge on any atom is 0.262 e. The highest BCUT2D eigenvalue weighted by atomic mass is 16.5. The minimum Gasteiger partial charge on any atom is -0.482 e. The molecule has 7 heteroatoms. The molecule has 0 bridgehead atoms. The summed E-state index contributed by atoms with van der Waals surface area (Å²) in [5.41, 5.74) is 1.83. The summed E-state index contributed by atoms with van der Waals surface area (Å²) in [5, 5.41) is 2.75. The maximum atomic E-state index is 13.3. The van der Waals surface area contributed by atoms with E-state index in [0.29, 0.717) is 42.2 Å². The Hall–Kier alpha value is -3.35. The van der Waals surface area contributed by atoms with E-state index in [9.17, 15) is 14.4 Å². The minimum atomic E-state index is -0.198. The van der Waals surface area contributed by atoms with Crippen LogP contribution < -0.4 is 10.1 Å². The largest absolute Gasteiger partial charge is 0.482 e. The van der Waals surface area contributed by atoms with Crippen LogP contribution in [-0.2, 0) is 4.79 Å². The third-order valence-electron chi connectivity index (χ3n) is 5.80. The Balaban J connectivity index is 1.44. The molecule has 0 radical (unpaired) electrons. The number of hydrogen-bond donors (Lipinski definition) is 1. The van der Waals surface area contributed by atoms with Crippen molar-refractivity contribution in [3.63, 3.8) is 0 Å². The van der Waals surface area contributed by atoms with Crippen LogP contribution in [0.2, 0.25) is 0 Å². The van der Waals surface area contributed by atoms with Crippen LogP contribution in [0, 0.1) is 0 Å². The molecule has 3 amide bonds. The zero-order valence-electron chi connectivity index (χ0n) is 17.7. The number of carbonyl (C=O) groups excluding carboxylic acids is 3. The summed E-state index contributed by atoms with van der Waals surface area (Å²) in [4.78, 5) is 41.3. The lowest BCUT2D eigenvalue weighted by Gasteiger charge is -2.38. The number of nitrogens with zero attached hydrogens (tertiary/aromatic N) is 2. The number of likely N-dealkylation sites (tertiary alicyclic amines) is 1. The summed E-state index contributed by atoms with van der Waals surface area (Å²) in [6, 6.07) is 14.5. The fraction of sp³-hybridized carbons (Fsp3) is 0.375. The summed E-state index contributed by atoms with van der Waals surface area (Å²) in [6.45, 7) is 3.93. The van der Waals surface area contributed by atoms with Crippen molar-refractivity contribution in [1.29, 1.82) is 0 Å². The van der Waals surface area contributed by atoms with Crippen molar-refractivity contribution in [3.8, 4) is 5.75 Å². The van der Waals surface area contributed by atoms with E-state index in [0.717, 1.165) is 19.3 Å². The number of fused-ring (bicyclic) bond motifs is 1. The molecule has 2 aromatic rings. The zero-order valence-corrected chi connectivity index (χ0v) is 17.7. The van der Waals surface area contributed by atoms with E-state index in [2.05, 4.69) is 12.2 Å². The Kier molecular flexibility index (Phi) is 6.21. The zero-order chi connectivity index (χ0) is 21.8. The molecule has 0 unspecified atom stereocenters. The van der Waals surface area contributed by atoms with Crippen LogP contribution in [-0.4, -0.2) is 59.8 Å². The Morgan fingerprint density at radius 2 is 1.84 bits per heavy atom. The van der Waals surface area contributed by atoms with Gasteiger partial charge in [0.25, 0.3) is 17.7 Å². The van der Waals surface area contributed by atoms with Crippen LogP contribution >= 0.6 is 0 Å². The SMILES string of the molecule is CCCN(C(=O)c1ccc2c(c1)OCC(=O)N2)C1CCN(C(=O)c2ccccc2)CC1. The lowest BCUT2D eigenvalue weighted by atomic mass is 10.0. The second-order valence-electron chi connectivity index (χ2n) is 7.94. The average molecular weight is 421 g/mol. The quantitative estimate of drug-likeness (QED) is 0.804. The molecule has 1 N–H and O–H groups in total. The summed E-state index contributed by atoms with van der Waals surface area (Å²) in [7, 11) is 0. The van der Waals surface area contributed by atoms with Gasteiger partial charge in [0.05, 0.1) is 5.69 Å². The Labute approximate surface area is 182 Å². The second-order valence-corrected chi connectivity index (χ2v) is 7.94. The molecule has 2 heterocycles. The van der Waals surface area contributed by atoms with Crippen molar-refractivity contribution < 1.29 is 19.1 Å². The maximum absolute atomic E-state index is 13.3. The molecule has 0 aromatic heterocycles. The number of anilines is 1. The third-order valence-corrected chi connectivity index (χ3v) is 5.80. The van der Waals surface area contributed by atoms with Crippen molar-refractivity contribution in [2.45, 2.75) is 32.2 Å². The average Bonchev–Trinajstić information content (AvgIpc) is 2.82. The molecule has 1 fully saturated rings. The van der Waals surface area contributed by atoms with Gasteiger partial charge in [0.1, 0.15) is 5.75 Å². The first kappa shape index (κ1) is 20.9. The van der Waals surface area contributed by atoms with Gasteiger partial charge >= 0.3 is 0 Å². The molecule has 7 nitrogen and oxygen atoms in total. The number of ether oxygens (including phenoxy) is 1. The van der Waals surface area contributed by atoms with Crippen molar-refractivity contribution in [3.05, 3.63) is 59.7 Å². The molecular weight excluding hydrogens is 394 g/mol. The number of piperidine rings is 1. The molecule has 162 valence electrons. The van der Waals surface area contributed by atoms with Crippen LogP contribution in [0.25, 0.3) is 0 Å². The number of benzene rings is 2. The van der Waals surface area contributed by atoms with E-state index < -0.39 is 0 Å². The predicted molar refractivity (Wildman–Crippen MR) is 117 cm³/mol. The lowest BCUT2D eigenvalue weighted by Crippen LogP contribution is -2.49. The van der Waals surface area contributed by atoms with Crippen molar-refractivity contribution in [2.75, 3.05) is 31.6 Å². The number of hydrogen-bond acceptors (Lipinski definition) is 4. The number of amides is 3. The summed E-state index contributed by atoms with van der Waals surface area (Å²) < 4.78 is 5.47. The normalized spacial score (nSPS) is 16.2. The van der Waals surface area contributed by atoms with Gasteiger partial charge in [-0.1, -0.05) is 25.1 Å². The van der Waals surface area contributed by atoms with Crippen LogP contribution in [0.15, 0.2) is 48.5 Å². The molecular formula is C24H27N3O4. The van der Waals surface area contributed by atoms with E-state index in [4.69, 9.17) is 4.74 Å².